The Hall–Kier alpha value is -2.14. The topological polar surface area (TPSA) is 52.3 Å². The Balaban J connectivity index is 2.08. The second kappa shape index (κ2) is 5.88. The molecule has 0 aliphatic carbocycles. The summed E-state index contributed by atoms with van der Waals surface area (Å²) in [4.78, 5) is 11.7. The molecule has 0 fully saturated rings. The minimum absolute atomic E-state index is 0.0414. The third-order valence-electron chi connectivity index (χ3n) is 2.62. The Kier molecular flexibility index (Phi) is 4.20. The molecular formula is C14H10ClF2NO2. The largest absolute Gasteiger partial charge is 0.457 e. The zero-order valence-electron chi connectivity index (χ0n) is 10.2. The summed E-state index contributed by atoms with van der Waals surface area (Å²) < 4.78 is 31.2. The number of nitrogens with two attached hydrogens (primary N) is 1. The summed E-state index contributed by atoms with van der Waals surface area (Å²) in [7, 11) is 0. The third kappa shape index (κ3) is 3.05. The molecular weight excluding hydrogens is 288 g/mol. The predicted molar refractivity (Wildman–Crippen MR) is 71.3 cm³/mol. The molecule has 104 valence electrons. The van der Waals surface area contributed by atoms with Crippen LogP contribution >= 0.6 is 11.6 Å². The molecule has 2 aromatic rings. The van der Waals surface area contributed by atoms with Gasteiger partial charge in [-0.05, 0) is 24.3 Å². The number of nitrogen functional groups attached to an aromatic ring is 1. The number of hydrogen-bond donors (Lipinski definition) is 1. The average Bonchev–Trinajstić information content (AvgIpc) is 2.43. The molecule has 6 heteroatoms. The van der Waals surface area contributed by atoms with Gasteiger partial charge in [-0.3, -0.25) is 0 Å². The van der Waals surface area contributed by atoms with Crippen LogP contribution in [-0.2, 0) is 11.3 Å². The van der Waals surface area contributed by atoms with Gasteiger partial charge in [0.15, 0.2) is 11.6 Å². The standard InChI is InChI=1S/C14H10ClF2NO2/c15-10-5-4-8(6-12(10)18)14(19)20-7-9-2-1-3-11(16)13(9)17/h1-6H,7,18H2. The normalized spacial score (nSPS) is 10.3. The predicted octanol–water partition coefficient (Wildman–Crippen LogP) is 3.56. The van der Waals surface area contributed by atoms with Gasteiger partial charge in [0.25, 0.3) is 0 Å². The van der Waals surface area contributed by atoms with Crippen LogP contribution in [0.15, 0.2) is 36.4 Å². The van der Waals surface area contributed by atoms with E-state index in [1.54, 1.807) is 0 Å². The summed E-state index contributed by atoms with van der Waals surface area (Å²) >= 11 is 5.73. The molecule has 0 aliphatic rings. The van der Waals surface area contributed by atoms with Crippen molar-refractivity contribution in [2.75, 3.05) is 5.73 Å². The molecule has 0 bridgehead atoms. The summed E-state index contributed by atoms with van der Waals surface area (Å²) in [6.45, 7) is -0.370. The van der Waals surface area contributed by atoms with E-state index in [2.05, 4.69) is 0 Å². The summed E-state index contributed by atoms with van der Waals surface area (Å²) in [6.07, 6.45) is 0. The lowest BCUT2D eigenvalue weighted by atomic mass is 10.2. The van der Waals surface area contributed by atoms with E-state index in [1.165, 1.54) is 30.3 Å². The summed E-state index contributed by atoms with van der Waals surface area (Å²) in [6, 6.07) is 7.90. The van der Waals surface area contributed by atoms with E-state index in [0.717, 1.165) is 6.07 Å². The van der Waals surface area contributed by atoms with E-state index in [9.17, 15) is 13.6 Å². The van der Waals surface area contributed by atoms with Crippen LogP contribution < -0.4 is 5.73 Å². The molecule has 2 rings (SSSR count). The van der Waals surface area contributed by atoms with Crippen molar-refractivity contribution in [3.05, 3.63) is 64.2 Å². The molecule has 0 aliphatic heterocycles. The van der Waals surface area contributed by atoms with Crippen molar-refractivity contribution in [2.24, 2.45) is 0 Å². The molecule has 2 aromatic carbocycles. The van der Waals surface area contributed by atoms with Crippen LogP contribution in [0, 0.1) is 11.6 Å². The maximum Gasteiger partial charge on any atom is 0.338 e. The lowest BCUT2D eigenvalue weighted by molar-refractivity contribution is 0.0468. The highest BCUT2D eigenvalue weighted by Gasteiger charge is 2.12. The first-order valence-corrected chi connectivity index (χ1v) is 6.02. The monoisotopic (exact) mass is 297 g/mol. The van der Waals surface area contributed by atoms with Gasteiger partial charge in [-0.1, -0.05) is 23.7 Å². The molecule has 0 amide bonds. The summed E-state index contributed by atoms with van der Waals surface area (Å²) in [5.41, 5.74) is 5.94. The zero-order chi connectivity index (χ0) is 14.7. The van der Waals surface area contributed by atoms with E-state index in [1.807, 2.05) is 0 Å². The van der Waals surface area contributed by atoms with Crippen molar-refractivity contribution in [3.63, 3.8) is 0 Å². The van der Waals surface area contributed by atoms with E-state index in [-0.39, 0.29) is 23.4 Å². The fourth-order valence-corrected chi connectivity index (χ4v) is 1.67. The molecule has 2 N–H and O–H groups in total. The van der Waals surface area contributed by atoms with Crippen LogP contribution in [0.5, 0.6) is 0 Å². The second-order valence-corrected chi connectivity index (χ2v) is 4.43. The number of esters is 1. The molecule has 0 unspecified atom stereocenters. The highest BCUT2D eigenvalue weighted by molar-refractivity contribution is 6.33. The smallest absolute Gasteiger partial charge is 0.338 e. The van der Waals surface area contributed by atoms with Crippen LogP contribution in [0.2, 0.25) is 5.02 Å². The summed E-state index contributed by atoms with van der Waals surface area (Å²) in [5.74, 6) is -2.72. The van der Waals surface area contributed by atoms with Crippen LogP contribution in [-0.4, -0.2) is 5.97 Å². The Bertz CT molecular complexity index is 662. The van der Waals surface area contributed by atoms with Crippen molar-refractivity contribution in [3.8, 4) is 0 Å². The number of halogens is 3. The number of benzene rings is 2. The zero-order valence-corrected chi connectivity index (χ0v) is 11.0. The first-order valence-electron chi connectivity index (χ1n) is 5.64. The van der Waals surface area contributed by atoms with Gasteiger partial charge in [0, 0.05) is 5.56 Å². The van der Waals surface area contributed by atoms with Crippen LogP contribution in [0.25, 0.3) is 0 Å². The van der Waals surface area contributed by atoms with Crippen molar-refractivity contribution in [1.29, 1.82) is 0 Å². The molecule has 20 heavy (non-hydrogen) atoms. The van der Waals surface area contributed by atoms with Crippen molar-refractivity contribution >= 4 is 23.3 Å². The lowest BCUT2D eigenvalue weighted by Gasteiger charge is -2.07. The molecule has 0 spiro atoms. The Morgan fingerprint density at radius 1 is 1.25 bits per heavy atom. The van der Waals surface area contributed by atoms with Gasteiger partial charge < -0.3 is 10.5 Å². The fraction of sp³-hybridized carbons (Fsp3) is 0.0714. The SMILES string of the molecule is Nc1cc(C(=O)OCc2cccc(F)c2F)ccc1Cl. The van der Waals surface area contributed by atoms with Gasteiger partial charge in [0.2, 0.25) is 0 Å². The Labute approximate surface area is 118 Å². The number of carbonyl (C=O) groups excluding carboxylic acids is 1. The lowest BCUT2D eigenvalue weighted by Crippen LogP contribution is -2.07. The molecule has 0 saturated carbocycles. The van der Waals surface area contributed by atoms with Crippen LogP contribution in [0.4, 0.5) is 14.5 Å². The van der Waals surface area contributed by atoms with Gasteiger partial charge in [-0.2, -0.15) is 0 Å². The molecule has 0 radical (unpaired) electrons. The molecule has 0 saturated heterocycles. The third-order valence-corrected chi connectivity index (χ3v) is 2.97. The van der Waals surface area contributed by atoms with Crippen molar-refractivity contribution in [1.82, 2.24) is 0 Å². The number of ether oxygens (including phenoxy) is 1. The van der Waals surface area contributed by atoms with E-state index >= 15 is 0 Å². The maximum atomic E-state index is 13.4. The first kappa shape index (κ1) is 14.3. The second-order valence-electron chi connectivity index (χ2n) is 4.03. The minimum Gasteiger partial charge on any atom is -0.457 e. The minimum atomic E-state index is -1.03. The molecule has 0 heterocycles. The van der Waals surface area contributed by atoms with Gasteiger partial charge in [0.1, 0.15) is 6.61 Å². The van der Waals surface area contributed by atoms with Gasteiger partial charge in [0.05, 0.1) is 16.3 Å². The van der Waals surface area contributed by atoms with Gasteiger partial charge in [-0.15, -0.1) is 0 Å². The van der Waals surface area contributed by atoms with Gasteiger partial charge in [-0.25, -0.2) is 13.6 Å². The van der Waals surface area contributed by atoms with Crippen molar-refractivity contribution < 1.29 is 18.3 Å². The first-order chi connectivity index (χ1) is 9.49. The van der Waals surface area contributed by atoms with Gasteiger partial charge >= 0.3 is 5.97 Å². The number of rotatable bonds is 3. The van der Waals surface area contributed by atoms with E-state index < -0.39 is 17.6 Å². The molecule has 0 atom stereocenters. The average molecular weight is 298 g/mol. The summed E-state index contributed by atoms with van der Waals surface area (Å²) in [5, 5.41) is 0.317. The van der Waals surface area contributed by atoms with E-state index in [0.29, 0.717) is 5.02 Å². The molecule has 0 aromatic heterocycles. The highest BCUT2D eigenvalue weighted by atomic mass is 35.5. The number of carbonyl (C=O) groups is 1. The van der Waals surface area contributed by atoms with Crippen LogP contribution in [0.3, 0.4) is 0 Å². The molecule has 3 nitrogen and oxygen atoms in total. The maximum absolute atomic E-state index is 13.4. The quantitative estimate of drug-likeness (QED) is 0.696. The van der Waals surface area contributed by atoms with Crippen molar-refractivity contribution in [2.45, 2.75) is 6.61 Å². The number of anilines is 1. The number of hydrogen-bond acceptors (Lipinski definition) is 3. The highest BCUT2D eigenvalue weighted by Crippen LogP contribution is 2.20. The van der Waals surface area contributed by atoms with E-state index in [4.69, 9.17) is 22.1 Å². The fourth-order valence-electron chi connectivity index (χ4n) is 1.56. The Morgan fingerprint density at radius 3 is 2.70 bits per heavy atom. The Morgan fingerprint density at radius 2 is 2.00 bits per heavy atom. The van der Waals surface area contributed by atoms with Crippen LogP contribution in [0.1, 0.15) is 15.9 Å².